The zero-order chi connectivity index (χ0) is 20.2. The van der Waals surface area contributed by atoms with E-state index in [-0.39, 0.29) is 11.7 Å². The van der Waals surface area contributed by atoms with Crippen molar-refractivity contribution in [2.24, 2.45) is 0 Å². The molecular formula is C23H25FN4O. The molecule has 4 rings (SSSR count). The summed E-state index contributed by atoms with van der Waals surface area (Å²) in [7, 11) is 0. The molecule has 5 nitrogen and oxygen atoms in total. The molecule has 150 valence electrons. The Labute approximate surface area is 170 Å². The van der Waals surface area contributed by atoms with Crippen molar-refractivity contribution >= 4 is 5.91 Å². The van der Waals surface area contributed by atoms with Crippen LogP contribution < -0.4 is 0 Å². The van der Waals surface area contributed by atoms with Gasteiger partial charge in [-0.1, -0.05) is 18.2 Å². The van der Waals surface area contributed by atoms with E-state index in [1.807, 2.05) is 34.7 Å². The number of benzene rings is 1. The lowest BCUT2D eigenvalue weighted by Crippen LogP contribution is -2.38. The average Bonchev–Trinajstić information content (AvgIpc) is 3.19. The zero-order valence-electron chi connectivity index (χ0n) is 16.6. The number of pyridine rings is 1. The number of aryl methyl sites for hydroxylation is 2. The third kappa shape index (κ3) is 4.53. The van der Waals surface area contributed by atoms with Crippen molar-refractivity contribution < 1.29 is 9.18 Å². The van der Waals surface area contributed by atoms with Gasteiger partial charge in [0.05, 0.1) is 0 Å². The largest absolute Gasteiger partial charge is 0.343 e. The summed E-state index contributed by atoms with van der Waals surface area (Å²) >= 11 is 0. The Morgan fingerprint density at radius 3 is 2.59 bits per heavy atom. The van der Waals surface area contributed by atoms with Crippen LogP contribution in [-0.2, 0) is 11.2 Å². The molecule has 1 amide bonds. The van der Waals surface area contributed by atoms with Crippen LogP contribution in [0.5, 0.6) is 0 Å². The molecule has 1 aromatic carbocycles. The molecule has 0 bridgehead atoms. The Morgan fingerprint density at radius 1 is 1.14 bits per heavy atom. The van der Waals surface area contributed by atoms with Crippen LogP contribution in [0.25, 0.3) is 5.82 Å². The van der Waals surface area contributed by atoms with Crippen LogP contribution in [0.4, 0.5) is 4.39 Å². The lowest BCUT2D eigenvalue weighted by Gasteiger charge is -2.32. The SMILES string of the molecule is Cc1nccn1-c1cccc(C2CCN(C(=O)CCc3ccc(F)cc3)CC2)n1. The number of hydrogen-bond acceptors (Lipinski definition) is 3. The third-order valence-electron chi connectivity index (χ3n) is 5.64. The highest BCUT2D eigenvalue weighted by Crippen LogP contribution is 2.28. The summed E-state index contributed by atoms with van der Waals surface area (Å²) in [5.41, 5.74) is 2.07. The highest BCUT2D eigenvalue weighted by molar-refractivity contribution is 5.76. The minimum absolute atomic E-state index is 0.170. The van der Waals surface area contributed by atoms with E-state index in [1.165, 1.54) is 12.1 Å². The van der Waals surface area contributed by atoms with Crippen molar-refractivity contribution in [1.82, 2.24) is 19.4 Å². The first-order valence-corrected chi connectivity index (χ1v) is 10.1. The molecule has 3 aromatic rings. The number of halogens is 1. The van der Waals surface area contributed by atoms with E-state index < -0.39 is 0 Å². The van der Waals surface area contributed by atoms with E-state index in [4.69, 9.17) is 4.98 Å². The zero-order valence-corrected chi connectivity index (χ0v) is 16.6. The van der Waals surface area contributed by atoms with Crippen molar-refractivity contribution in [2.45, 2.75) is 38.5 Å². The van der Waals surface area contributed by atoms with Gasteiger partial charge in [0.25, 0.3) is 0 Å². The van der Waals surface area contributed by atoms with Crippen LogP contribution >= 0.6 is 0 Å². The number of amides is 1. The smallest absolute Gasteiger partial charge is 0.222 e. The minimum Gasteiger partial charge on any atom is -0.343 e. The van der Waals surface area contributed by atoms with Gasteiger partial charge in [-0.05, 0) is 56.0 Å². The molecule has 0 radical (unpaired) electrons. The van der Waals surface area contributed by atoms with Gasteiger partial charge in [0.2, 0.25) is 5.91 Å². The summed E-state index contributed by atoms with van der Waals surface area (Å²) in [4.78, 5) is 23.6. The van der Waals surface area contributed by atoms with E-state index >= 15 is 0 Å². The highest BCUT2D eigenvalue weighted by Gasteiger charge is 2.24. The number of likely N-dealkylation sites (tertiary alicyclic amines) is 1. The van der Waals surface area contributed by atoms with Gasteiger partial charge in [-0.15, -0.1) is 0 Å². The molecule has 29 heavy (non-hydrogen) atoms. The van der Waals surface area contributed by atoms with Crippen molar-refractivity contribution in [3.63, 3.8) is 0 Å². The average molecular weight is 392 g/mol. The van der Waals surface area contributed by atoms with Gasteiger partial charge in [0.1, 0.15) is 17.5 Å². The molecule has 1 fully saturated rings. The fourth-order valence-electron chi connectivity index (χ4n) is 3.91. The molecule has 0 spiro atoms. The van der Waals surface area contributed by atoms with Gasteiger partial charge >= 0.3 is 0 Å². The summed E-state index contributed by atoms with van der Waals surface area (Å²) in [5.74, 6) is 2.08. The monoisotopic (exact) mass is 392 g/mol. The maximum Gasteiger partial charge on any atom is 0.222 e. The normalized spacial score (nSPS) is 14.9. The van der Waals surface area contributed by atoms with Crippen molar-refractivity contribution in [3.8, 4) is 5.82 Å². The molecule has 0 unspecified atom stereocenters. The number of aromatic nitrogens is 3. The second-order valence-electron chi connectivity index (χ2n) is 7.55. The summed E-state index contributed by atoms with van der Waals surface area (Å²) < 4.78 is 15.0. The van der Waals surface area contributed by atoms with E-state index in [2.05, 4.69) is 11.1 Å². The highest BCUT2D eigenvalue weighted by atomic mass is 19.1. The Hall–Kier alpha value is -3.02. The molecule has 3 heterocycles. The van der Waals surface area contributed by atoms with Crippen LogP contribution in [-0.4, -0.2) is 38.4 Å². The van der Waals surface area contributed by atoms with Crippen LogP contribution in [0.3, 0.4) is 0 Å². The van der Waals surface area contributed by atoms with Gasteiger partial charge in [0, 0.05) is 43.5 Å². The predicted octanol–water partition coefficient (Wildman–Crippen LogP) is 4.05. The molecule has 6 heteroatoms. The fourth-order valence-corrected chi connectivity index (χ4v) is 3.91. The van der Waals surface area contributed by atoms with E-state index in [0.29, 0.717) is 18.8 Å². The van der Waals surface area contributed by atoms with E-state index in [9.17, 15) is 9.18 Å². The van der Waals surface area contributed by atoms with Crippen molar-refractivity contribution in [3.05, 3.63) is 77.8 Å². The Balaban J connectivity index is 1.33. The first-order valence-electron chi connectivity index (χ1n) is 10.1. The van der Waals surface area contributed by atoms with Gasteiger partial charge in [0.15, 0.2) is 0 Å². The fraction of sp³-hybridized carbons (Fsp3) is 0.348. The van der Waals surface area contributed by atoms with Crippen LogP contribution in [0.2, 0.25) is 0 Å². The molecule has 0 aliphatic carbocycles. The quantitative estimate of drug-likeness (QED) is 0.658. The Bertz CT molecular complexity index is 975. The second kappa shape index (κ2) is 8.55. The van der Waals surface area contributed by atoms with Crippen LogP contribution in [0, 0.1) is 12.7 Å². The van der Waals surface area contributed by atoms with Crippen LogP contribution in [0.1, 0.15) is 42.3 Å². The molecule has 1 aliphatic heterocycles. The lowest BCUT2D eigenvalue weighted by molar-refractivity contribution is -0.132. The minimum atomic E-state index is -0.247. The molecule has 2 aromatic heterocycles. The molecular weight excluding hydrogens is 367 g/mol. The van der Waals surface area contributed by atoms with E-state index in [1.54, 1.807) is 18.3 Å². The standard InChI is InChI=1S/C23H25FN4O/c1-17-25-13-16-28(17)22-4-2-3-21(26-22)19-11-14-27(15-12-19)23(29)10-7-18-5-8-20(24)9-6-18/h2-6,8-9,13,16,19H,7,10-12,14-15H2,1H3. The summed E-state index contributed by atoms with van der Waals surface area (Å²) in [6.45, 7) is 3.47. The van der Waals surface area contributed by atoms with E-state index in [0.717, 1.165) is 48.8 Å². The Morgan fingerprint density at radius 2 is 1.90 bits per heavy atom. The molecule has 0 saturated carbocycles. The summed E-state index contributed by atoms with van der Waals surface area (Å²) in [6.07, 6.45) is 6.64. The summed E-state index contributed by atoms with van der Waals surface area (Å²) in [5, 5.41) is 0. The number of imidazole rings is 1. The first-order chi connectivity index (χ1) is 14.1. The first kappa shape index (κ1) is 19.3. The molecule has 0 N–H and O–H groups in total. The van der Waals surface area contributed by atoms with Gasteiger partial charge in [-0.2, -0.15) is 0 Å². The Kier molecular flexibility index (Phi) is 5.69. The molecule has 1 saturated heterocycles. The van der Waals surface area contributed by atoms with Crippen molar-refractivity contribution in [1.29, 1.82) is 0 Å². The topological polar surface area (TPSA) is 51.0 Å². The van der Waals surface area contributed by atoms with Crippen molar-refractivity contribution in [2.75, 3.05) is 13.1 Å². The number of rotatable bonds is 5. The number of piperidine rings is 1. The molecule has 0 atom stereocenters. The van der Waals surface area contributed by atoms with Gasteiger partial charge in [-0.25, -0.2) is 14.4 Å². The maximum absolute atomic E-state index is 13.0. The summed E-state index contributed by atoms with van der Waals surface area (Å²) in [6, 6.07) is 12.5. The maximum atomic E-state index is 13.0. The molecule has 1 aliphatic rings. The number of carbonyl (C=O) groups excluding carboxylic acids is 1. The predicted molar refractivity (Wildman–Crippen MR) is 109 cm³/mol. The number of hydrogen-bond donors (Lipinski definition) is 0. The van der Waals surface area contributed by atoms with Gasteiger partial charge in [-0.3, -0.25) is 9.36 Å². The number of carbonyl (C=O) groups is 1. The lowest BCUT2D eigenvalue weighted by atomic mass is 9.92. The third-order valence-corrected chi connectivity index (χ3v) is 5.64. The second-order valence-corrected chi connectivity index (χ2v) is 7.55. The van der Waals surface area contributed by atoms with Gasteiger partial charge < -0.3 is 4.90 Å². The number of nitrogens with zero attached hydrogens (tertiary/aromatic N) is 4. The van der Waals surface area contributed by atoms with Crippen LogP contribution in [0.15, 0.2) is 54.9 Å².